The Bertz CT molecular complexity index is 801. The Morgan fingerprint density at radius 3 is 2.38 bits per heavy atom. The first-order chi connectivity index (χ1) is 11.4. The predicted octanol–water partition coefficient (Wildman–Crippen LogP) is 2.00. The number of benzene rings is 2. The van der Waals surface area contributed by atoms with Gasteiger partial charge in [-0.3, -0.25) is 9.59 Å². The summed E-state index contributed by atoms with van der Waals surface area (Å²) in [7, 11) is 0. The van der Waals surface area contributed by atoms with Crippen LogP contribution in [-0.2, 0) is 11.2 Å². The lowest BCUT2D eigenvalue weighted by atomic mass is 10.00. The van der Waals surface area contributed by atoms with Crippen molar-refractivity contribution in [2.75, 3.05) is 0 Å². The summed E-state index contributed by atoms with van der Waals surface area (Å²) in [6.45, 7) is 3.80. The molecule has 0 fully saturated rings. The predicted molar refractivity (Wildman–Crippen MR) is 91.2 cm³/mol. The average Bonchev–Trinajstić information content (AvgIpc) is 2.53. The molecule has 0 aliphatic heterocycles. The maximum absolute atomic E-state index is 12.4. The van der Waals surface area contributed by atoms with Gasteiger partial charge < -0.3 is 11.1 Å². The number of amides is 2. The lowest BCUT2D eigenvalue weighted by Crippen LogP contribution is -2.46. The molecular weight excluding hydrogens is 302 g/mol. The van der Waals surface area contributed by atoms with E-state index in [0.29, 0.717) is 16.7 Å². The van der Waals surface area contributed by atoms with E-state index in [2.05, 4.69) is 11.4 Å². The molecule has 5 nitrogen and oxygen atoms in total. The van der Waals surface area contributed by atoms with Crippen molar-refractivity contribution in [2.24, 2.45) is 5.73 Å². The highest BCUT2D eigenvalue weighted by Gasteiger charge is 2.21. The maximum Gasteiger partial charge on any atom is 0.251 e. The molecule has 0 saturated carbocycles. The quantitative estimate of drug-likeness (QED) is 0.881. The lowest BCUT2D eigenvalue weighted by Gasteiger charge is -2.16. The number of nitriles is 1. The number of carbonyl (C=O) groups is 2. The summed E-state index contributed by atoms with van der Waals surface area (Å²) in [4.78, 5) is 24.2. The SMILES string of the molecule is Cc1cc(C)cc(C(=O)N[C@@H](Cc2ccccc2C#N)C(N)=O)c1. The zero-order valence-electron chi connectivity index (χ0n) is 13.7. The fraction of sp³-hybridized carbons (Fsp3) is 0.211. The molecule has 122 valence electrons. The van der Waals surface area contributed by atoms with E-state index in [1.165, 1.54) is 0 Å². The molecule has 0 radical (unpaired) electrons. The zero-order chi connectivity index (χ0) is 17.7. The normalized spacial score (nSPS) is 11.4. The molecule has 0 aromatic heterocycles. The van der Waals surface area contributed by atoms with Gasteiger partial charge in [-0.05, 0) is 37.6 Å². The van der Waals surface area contributed by atoms with Crippen LogP contribution in [0.1, 0.15) is 32.6 Å². The first-order valence-corrected chi connectivity index (χ1v) is 7.57. The summed E-state index contributed by atoms with van der Waals surface area (Å²) in [5.74, 6) is -1.000. The summed E-state index contributed by atoms with van der Waals surface area (Å²) in [6.07, 6.45) is 0.176. The van der Waals surface area contributed by atoms with Crippen molar-refractivity contribution in [3.8, 4) is 6.07 Å². The van der Waals surface area contributed by atoms with Crippen LogP contribution < -0.4 is 11.1 Å². The van der Waals surface area contributed by atoms with Gasteiger partial charge in [0, 0.05) is 12.0 Å². The van der Waals surface area contributed by atoms with Gasteiger partial charge >= 0.3 is 0 Å². The van der Waals surface area contributed by atoms with Gasteiger partial charge in [0.05, 0.1) is 11.6 Å². The number of carbonyl (C=O) groups excluding carboxylic acids is 2. The summed E-state index contributed by atoms with van der Waals surface area (Å²) < 4.78 is 0. The minimum atomic E-state index is -0.882. The molecule has 0 saturated heterocycles. The summed E-state index contributed by atoms with van der Waals surface area (Å²) in [5, 5.41) is 11.8. The van der Waals surface area contributed by atoms with E-state index in [1.54, 1.807) is 36.4 Å². The Morgan fingerprint density at radius 1 is 1.17 bits per heavy atom. The fourth-order valence-electron chi connectivity index (χ4n) is 2.60. The van der Waals surface area contributed by atoms with Crippen molar-refractivity contribution in [1.29, 1.82) is 5.26 Å². The van der Waals surface area contributed by atoms with Gasteiger partial charge in [0.25, 0.3) is 5.91 Å². The third-order valence-corrected chi connectivity index (χ3v) is 3.69. The minimum Gasteiger partial charge on any atom is -0.368 e. The molecule has 2 rings (SSSR count). The summed E-state index contributed by atoms with van der Waals surface area (Å²) in [5.41, 5.74) is 8.96. The second kappa shape index (κ2) is 7.42. The Labute approximate surface area is 141 Å². The van der Waals surface area contributed by atoms with Gasteiger partial charge in [-0.15, -0.1) is 0 Å². The Kier molecular flexibility index (Phi) is 5.33. The van der Waals surface area contributed by atoms with E-state index >= 15 is 0 Å². The number of nitrogens with zero attached hydrogens (tertiary/aromatic N) is 1. The molecule has 0 aliphatic carbocycles. The van der Waals surface area contributed by atoms with Crippen molar-refractivity contribution in [3.63, 3.8) is 0 Å². The first kappa shape index (κ1) is 17.2. The highest BCUT2D eigenvalue weighted by atomic mass is 16.2. The zero-order valence-corrected chi connectivity index (χ0v) is 13.7. The third-order valence-electron chi connectivity index (χ3n) is 3.69. The average molecular weight is 321 g/mol. The standard InChI is InChI=1S/C19H19N3O2/c1-12-7-13(2)9-16(8-12)19(24)22-17(18(21)23)10-14-5-3-4-6-15(14)11-20/h3-9,17H,10H2,1-2H3,(H2,21,23)(H,22,24)/t17-/m0/s1. The van der Waals surface area contributed by atoms with Gasteiger partial charge in [0.15, 0.2) is 0 Å². The summed E-state index contributed by atoms with van der Waals surface area (Å²) in [6, 6.07) is 13.6. The van der Waals surface area contributed by atoms with Crippen molar-refractivity contribution in [1.82, 2.24) is 5.32 Å². The Hall–Kier alpha value is -3.13. The Morgan fingerprint density at radius 2 is 1.79 bits per heavy atom. The van der Waals surface area contributed by atoms with Crippen LogP contribution in [0.5, 0.6) is 0 Å². The van der Waals surface area contributed by atoms with Crippen molar-refractivity contribution in [3.05, 3.63) is 70.3 Å². The number of rotatable bonds is 5. The number of hydrogen-bond acceptors (Lipinski definition) is 3. The van der Waals surface area contributed by atoms with Crippen LogP contribution in [0.15, 0.2) is 42.5 Å². The second-order valence-electron chi connectivity index (χ2n) is 5.78. The van der Waals surface area contributed by atoms with Gasteiger partial charge in [0.2, 0.25) is 5.91 Å². The van der Waals surface area contributed by atoms with E-state index in [-0.39, 0.29) is 12.3 Å². The van der Waals surface area contributed by atoms with Gasteiger partial charge in [0.1, 0.15) is 6.04 Å². The largest absolute Gasteiger partial charge is 0.368 e. The third kappa shape index (κ3) is 4.20. The van der Waals surface area contributed by atoms with Crippen LogP contribution in [0, 0.1) is 25.2 Å². The number of aryl methyl sites for hydroxylation is 2. The van der Waals surface area contributed by atoms with E-state index in [9.17, 15) is 9.59 Å². The molecular formula is C19H19N3O2. The summed E-state index contributed by atoms with van der Waals surface area (Å²) >= 11 is 0. The van der Waals surface area contributed by atoms with Crippen molar-refractivity contribution >= 4 is 11.8 Å². The molecule has 3 N–H and O–H groups in total. The molecule has 2 aromatic carbocycles. The van der Waals surface area contributed by atoms with E-state index in [4.69, 9.17) is 11.0 Å². The second-order valence-corrected chi connectivity index (χ2v) is 5.78. The number of nitrogens with two attached hydrogens (primary N) is 1. The number of primary amides is 1. The van der Waals surface area contributed by atoms with Gasteiger partial charge in [-0.1, -0.05) is 35.4 Å². The monoisotopic (exact) mass is 321 g/mol. The molecule has 0 aliphatic rings. The lowest BCUT2D eigenvalue weighted by molar-refractivity contribution is -0.119. The van der Waals surface area contributed by atoms with E-state index in [0.717, 1.165) is 11.1 Å². The minimum absolute atomic E-state index is 0.176. The highest BCUT2D eigenvalue weighted by Crippen LogP contribution is 2.12. The van der Waals surface area contributed by atoms with E-state index < -0.39 is 11.9 Å². The fourth-order valence-corrected chi connectivity index (χ4v) is 2.60. The number of hydrogen-bond donors (Lipinski definition) is 2. The first-order valence-electron chi connectivity index (χ1n) is 7.57. The molecule has 24 heavy (non-hydrogen) atoms. The molecule has 2 aromatic rings. The van der Waals surface area contributed by atoms with Crippen LogP contribution in [0.3, 0.4) is 0 Å². The van der Waals surface area contributed by atoms with Crippen molar-refractivity contribution in [2.45, 2.75) is 26.3 Å². The smallest absolute Gasteiger partial charge is 0.251 e. The van der Waals surface area contributed by atoms with Crippen LogP contribution >= 0.6 is 0 Å². The molecule has 2 amide bonds. The molecule has 0 spiro atoms. The van der Waals surface area contributed by atoms with Gasteiger partial charge in [-0.2, -0.15) is 5.26 Å². The van der Waals surface area contributed by atoms with Crippen LogP contribution in [-0.4, -0.2) is 17.9 Å². The molecule has 1 atom stereocenters. The molecule has 0 unspecified atom stereocenters. The van der Waals surface area contributed by atoms with Crippen LogP contribution in [0.25, 0.3) is 0 Å². The van der Waals surface area contributed by atoms with E-state index in [1.807, 2.05) is 19.9 Å². The molecule has 0 heterocycles. The topological polar surface area (TPSA) is 96.0 Å². The Balaban J connectivity index is 2.21. The van der Waals surface area contributed by atoms with Crippen LogP contribution in [0.4, 0.5) is 0 Å². The van der Waals surface area contributed by atoms with Crippen molar-refractivity contribution < 1.29 is 9.59 Å². The van der Waals surface area contributed by atoms with Gasteiger partial charge in [-0.25, -0.2) is 0 Å². The molecule has 5 heteroatoms. The molecule has 0 bridgehead atoms. The number of nitrogens with one attached hydrogen (secondary N) is 1. The van der Waals surface area contributed by atoms with Crippen LogP contribution in [0.2, 0.25) is 0 Å². The highest BCUT2D eigenvalue weighted by molar-refractivity contribution is 5.97. The maximum atomic E-state index is 12.4.